The van der Waals surface area contributed by atoms with E-state index in [2.05, 4.69) is 20.3 Å². The average molecular weight is 399 g/mol. The van der Waals surface area contributed by atoms with Crippen LogP contribution >= 0.6 is 11.8 Å². The quantitative estimate of drug-likeness (QED) is 0.489. The van der Waals surface area contributed by atoms with Crippen LogP contribution in [0, 0.1) is 0 Å². The number of nitrogens with zero attached hydrogens (tertiary/aromatic N) is 4. The van der Waals surface area contributed by atoms with E-state index in [1.807, 2.05) is 19.1 Å². The zero-order valence-corrected chi connectivity index (χ0v) is 15.9. The van der Waals surface area contributed by atoms with Gasteiger partial charge < -0.3 is 14.8 Å². The summed E-state index contributed by atoms with van der Waals surface area (Å²) < 4.78 is 11.8. The van der Waals surface area contributed by atoms with Gasteiger partial charge in [-0.15, -0.1) is 0 Å². The maximum Gasteiger partial charge on any atom is 0.264 e. The fourth-order valence-electron chi connectivity index (χ4n) is 2.71. The first kappa shape index (κ1) is 18.2. The van der Waals surface area contributed by atoms with E-state index < -0.39 is 0 Å². The number of carbonyl (C=O) groups excluding carboxylic acids is 1. The first-order chi connectivity index (χ1) is 13.6. The Kier molecular flexibility index (Phi) is 5.11. The SMILES string of the molecule is CCSc1ncc2c(=O)n(CC(=O)NCc3ccc4c(c3)OCO4)cnc2n1. The van der Waals surface area contributed by atoms with Gasteiger partial charge in [0.15, 0.2) is 22.3 Å². The van der Waals surface area contributed by atoms with Gasteiger partial charge in [-0.25, -0.2) is 15.0 Å². The van der Waals surface area contributed by atoms with Gasteiger partial charge in [-0.05, 0) is 23.4 Å². The van der Waals surface area contributed by atoms with E-state index in [4.69, 9.17) is 9.47 Å². The molecule has 1 amide bonds. The first-order valence-electron chi connectivity index (χ1n) is 8.64. The number of amides is 1. The van der Waals surface area contributed by atoms with Gasteiger partial charge in [0.05, 0.1) is 0 Å². The molecule has 4 rings (SSSR count). The summed E-state index contributed by atoms with van der Waals surface area (Å²) in [6.07, 6.45) is 2.79. The summed E-state index contributed by atoms with van der Waals surface area (Å²) in [5.74, 6) is 1.86. The number of aromatic nitrogens is 4. The van der Waals surface area contributed by atoms with Crippen LogP contribution in [0.2, 0.25) is 0 Å². The highest BCUT2D eigenvalue weighted by atomic mass is 32.2. The molecule has 28 heavy (non-hydrogen) atoms. The molecule has 2 aromatic heterocycles. The van der Waals surface area contributed by atoms with Crippen LogP contribution in [-0.4, -0.2) is 38.0 Å². The summed E-state index contributed by atoms with van der Waals surface area (Å²) in [4.78, 5) is 37.4. The number of rotatable bonds is 6. The van der Waals surface area contributed by atoms with Crippen molar-refractivity contribution in [2.45, 2.75) is 25.2 Å². The van der Waals surface area contributed by atoms with Crippen molar-refractivity contribution >= 4 is 28.7 Å². The van der Waals surface area contributed by atoms with Crippen LogP contribution in [0.25, 0.3) is 11.0 Å². The van der Waals surface area contributed by atoms with Crippen molar-refractivity contribution in [2.24, 2.45) is 0 Å². The summed E-state index contributed by atoms with van der Waals surface area (Å²) >= 11 is 1.47. The van der Waals surface area contributed by atoms with Crippen molar-refractivity contribution in [3.8, 4) is 11.5 Å². The third kappa shape index (κ3) is 3.77. The Labute approximate surface area is 164 Å². The number of fused-ring (bicyclic) bond motifs is 2. The summed E-state index contributed by atoms with van der Waals surface area (Å²) in [5.41, 5.74) is 0.847. The fraction of sp³-hybridized carbons (Fsp3) is 0.278. The zero-order chi connectivity index (χ0) is 19.5. The number of benzene rings is 1. The van der Waals surface area contributed by atoms with Crippen LogP contribution in [0.4, 0.5) is 0 Å². The molecule has 0 radical (unpaired) electrons. The second kappa shape index (κ2) is 7.85. The minimum atomic E-state index is -0.351. The molecule has 0 spiro atoms. The van der Waals surface area contributed by atoms with Crippen LogP contribution in [0.3, 0.4) is 0 Å². The Balaban J connectivity index is 1.44. The Hall–Kier alpha value is -3.14. The van der Waals surface area contributed by atoms with Gasteiger partial charge in [0.1, 0.15) is 18.3 Å². The lowest BCUT2D eigenvalue weighted by Crippen LogP contribution is -2.32. The maximum atomic E-state index is 12.6. The fourth-order valence-corrected chi connectivity index (χ4v) is 3.25. The Morgan fingerprint density at radius 1 is 1.29 bits per heavy atom. The molecule has 0 atom stereocenters. The monoisotopic (exact) mass is 399 g/mol. The van der Waals surface area contributed by atoms with E-state index in [0.717, 1.165) is 11.3 Å². The number of hydrogen-bond donors (Lipinski definition) is 1. The van der Waals surface area contributed by atoms with Crippen LogP contribution in [0.1, 0.15) is 12.5 Å². The van der Waals surface area contributed by atoms with Crippen molar-refractivity contribution in [1.29, 1.82) is 0 Å². The smallest absolute Gasteiger partial charge is 0.264 e. The molecule has 1 aromatic carbocycles. The molecule has 0 unspecified atom stereocenters. The number of ether oxygens (including phenoxy) is 2. The lowest BCUT2D eigenvalue weighted by Gasteiger charge is -2.08. The molecule has 10 heteroatoms. The molecule has 3 heterocycles. The van der Waals surface area contributed by atoms with E-state index in [9.17, 15) is 9.59 Å². The number of nitrogens with one attached hydrogen (secondary N) is 1. The van der Waals surface area contributed by atoms with Crippen LogP contribution in [0.5, 0.6) is 11.5 Å². The van der Waals surface area contributed by atoms with Gasteiger partial charge in [0.25, 0.3) is 5.56 Å². The molecule has 9 nitrogen and oxygen atoms in total. The predicted octanol–water partition coefficient (Wildman–Crippen LogP) is 1.34. The van der Waals surface area contributed by atoms with E-state index in [1.165, 1.54) is 28.9 Å². The maximum absolute atomic E-state index is 12.6. The Morgan fingerprint density at radius 3 is 3.00 bits per heavy atom. The van der Waals surface area contributed by atoms with Gasteiger partial charge in [-0.3, -0.25) is 14.2 Å². The second-order valence-electron chi connectivity index (χ2n) is 5.96. The number of thioether (sulfide) groups is 1. The molecule has 1 aliphatic heterocycles. The molecule has 0 bridgehead atoms. The average Bonchev–Trinajstić information content (AvgIpc) is 3.17. The lowest BCUT2D eigenvalue weighted by molar-refractivity contribution is -0.121. The summed E-state index contributed by atoms with van der Waals surface area (Å²) in [5, 5.41) is 3.64. The third-order valence-electron chi connectivity index (χ3n) is 4.07. The van der Waals surface area contributed by atoms with Crippen molar-refractivity contribution < 1.29 is 14.3 Å². The largest absolute Gasteiger partial charge is 0.454 e. The minimum Gasteiger partial charge on any atom is -0.454 e. The van der Waals surface area contributed by atoms with Crippen molar-refractivity contribution in [1.82, 2.24) is 24.8 Å². The van der Waals surface area contributed by atoms with Crippen LogP contribution < -0.4 is 20.3 Å². The van der Waals surface area contributed by atoms with Crippen molar-refractivity contribution in [2.75, 3.05) is 12.5 Å². The van der Waals surface area contributed by atoms with Crippen LogP contribution in [0.15, 0.2) is 40.7 Å². The first-order valence-corrected chi connectivity index (χ1v) is 9.63. The lowest BCUT2D eigenvalue weighted by atomic mass is 10.2. The second-order valence-corrected chi connectivity index (χ2v) is 7.20. The number of carbonyl (C=O) groups is 1. The molecule has 3 aromatic rings. The Bertz CT molecular complexity index is 1100. The summed E-state index contributed by atoms with van der Waals surface area (Å²) in [6, 6.07) is 5.46. The molecule has 0 fully saturated rings. The molecule has 0 saturated carbocycles. The third-order valence-corrected chi connectivity index (χ3v) is 4.81. The minimum absolute atomic E-state index is 0.141. The van der Waals surface area contributed by atoms with E-state index >= 15 is 0 Å². The normalized spacial score (nSPS) is 12.3. The van der Waals surface area contributed by atoms with E-state index in [-0.39, 0.29) is 30.2 Å². The molecule has 0 aliphatic carbocycles. The standard InChI is InChI=1S/C18H17N5O4S/c1-2-28-18-20-7-12-16(22-18)21-9-23(17(12)25)8-15(24)19-6-11-3-4-13-14(5-11)27-10-26-13/h3-5,7,9H,2,6,8,10H2,1H3,(H,19,24). The van der Waals surface area contributed by atoms with Gasteiger partial charge in [0, 0.05) is 12.7 Å². The predicted molar refractivity (Wildman–Crippen MR) is 102 cm³/mol. The highest BCUT2D eigenvalue weighted by Crippen LogP contribution is 2.32. The van der Waals surface area contributed by atoms with Gasteiger partial charge in [-0.2, -0.15) is 0 Å². The van der Waals surface area contributed by atoms with Crippen molar-refractivity contribution in [3.63, 3.8) is 0 Å². The van der Waals surface area contributed by atoms with Crippen LogP contribution in [-0.2, 0) is 17.9 Å². The molecular weight excluding hydrogens is 382 g/mol. The highest BCUT2D eigenvalue weighted by molar-refractivity contribution is 7.99. The summed E-state index contributed by atoms with van der Waals surface area (Å²) in [7, 11) is 0. The summed E-state index contributed by atoms with van der Waals surface area (Å²) in [6.45, 7) is 2.36. The Morgan fingerprint density at radius 2 is 2.14 bits per heavy atom. The molecular formula is C18H17N5O4S. The molecule has 0 saturated heterocycles. The van der Waals surface area contributed by atoms with E-state index in [1.54, 1.807) is 6.07 Å². The van der Waals surface area contributed by atoms with Gasteiger partial charge >= 0.3 is 0 Å². The van der Waals surface area contributed by atoms with Crippen molar-refractivity contribution in [3.05, 3.63) is 46.6 Å². The van der Waals surface area contributed by atoms with Gasteiger partial charge in [-0.1, -0.05) is 24.8 Å². The molecule has 144 valence electrons. The van der Waals surface area contributed by atoms with Gasteiger partial charge in [0.2, 0.25) is 12.7 Å². The number of hydrogen-bond acceptors (Lipinski definition) is 8. The topological polar surface area (TPSA) is 108 Å². The molecule has 1 aliphatic rings. The highest BCUT2D eigenvalue weighted by Gasteiger charge is 2.14. The molecule has 1 N–H and O–H groups in total. The zero-order valence-electron chi connectivity index (χ0n) is 15.0. The van der Waals surface area contributed by atoms with E-state index in [0.29, 0.717) is 28.8 Å².